The number of ether oxygens (including phenoxy) is 2. The Morgan fingerprint density at radius 3 is 1.45 bits per heavy atom. The second-order valence-electron chi connectivity index (χ2n) is 24.6. The number of rotatable bonds is 17. The lowest BCUT2D eigenvalue weighted by Crippen LogP contribution is -2.22. The molecular formula is C58H77BrN10O5Si2. The number of hydrogen-bond acceptors (Lipinski definition) is 13. The highest BCUT2D eigenvalue weighted by Gasteiger charge is 2.32. The van der Waals surface area contributed by atoms with Gasteiger partial charge in [-0.15, -0.1) is 0 Å². The molecule has 15 nitrogen and oxygen atoms in total. The van der Waals surface area contributed by atoms with E-state index in [1.807, 2.05) is 151 Å². The lowest BCUT2D eigenvalue weighted by atomic mass is 9.86. The van der Waals surface area contributed by atoms with Crippen molar-refractivity contribution in [3.63, 3.8) is 0 Å². The highest BCUT2D eigenvalue weighted by Crippen LogP contribution is 2.33. The third-order valence-corrected chi connectivity index (χ3v) is 15.8. The maximum atomic E-state index is 13.1. The smallest absolute Gasteiger partial charge is 0.171 e. The molecule has 5 heterocycles. The summed E-state index contributed by atoms with van der Waals surface area (Å²) >= 11 is 3.34. The van der Waals surface area contributed by atoms with Gasteiger partial charge in [-0.3, -0.25) is 19.4 Å². The van der Waals surface area contributed by atoms with Gasteiger partial charge in [-0.05, 0) is 52.3 Å². The standard InChI is InChI=1S/C23H32N4O2Si.C18H19N3O.C17H26BrN3O2Si/c1-23(2,3)21(28)18-15-27(16-29-12-13-30(4,5)6)22-20(18)26-19(14-24-22)25-17-10-8-7-9-11-17;1-18(2,3)17(22)13-9-10-14-16(13)21-15(11-19-14)20-12-7-5-4-6-8-12;1-17(2,3)15(22)12-10-21(11-23-7-8-24(4,5)6)16-14(12)20-13(18)9-19-16/h7-11,14-15H,12-13,16H2,1-6H3,(H,25,26);4-9,11H,10H2,1-3H3,(H,20,21);9-10H,7-8,11H2,1-6H3. The number of anilines is 4. The van der Waals surface area contributed by atoms with Crippen molar-refractivity contribution in [1.82, 2.24) is 39.0 Å². The molecule has 0 atom stereocenters. The van der Waals surface area contributed by atoms with Gasteiger partial charge < -0.3 is 29.2 Å². The summed E-state index contributed by atoms with van der Waals surface area (Å²) in [5, 5.41) is 6.48. The number of halogens is 1. The Bertz CT molecular complexity index is 3180. The molecule has 2 aromatic carbocycles. The molecule has 0 aliphatic heterocycles. The van der Waals surface area contributed by atoms with Crippen LogP contribution in [0.2, 0.25) is 51.4 Å². The molecule has 0 amide bonds. The quantitative estimate of drug-likeness (QED) is 0.0500. The molecule has 0 unspecified atom stereocenters. The number of nitrogens with zero attached hydrogens (tertiary/aromatic N) is 8. The monoisotopic (exact) mass is 1130 g/mol. The molecule has 76 heavy (non-hydrogen) atoms. The zero-order chi connectivity index (χ0) is 55.8. The number of hydrogen-bond donors (Lipinski definition) is 2. The molecule has 18 heteroatoms. The molecule has 0 spiro atoms. The fourth-order valence-corrected chi connectivity index (χ4v) is 9.43. The predicted molar refractivity (Wildman–Crippen MR) is 316 cm³/mol. The highest BCUT2D eigenvalue weighted by atomic mass is 79.9. The molecule has 1 aliphatic rings. The normalized spacial score (nSPS) is 12.8. The van der Waals surface area contributed by atoms with Crippen LogP contribution in [-0.4, -0.2) is 85.7 Å². The summed E-state index contributed by atoms with van der Waals surface area (Å²) in [7, 11) is -2.27. The van der Waals surface area contributed by atoms with E-state index in [1.165, 1.54) is 0 Å². The Kier molecular flexibility index (Phi) is 19.1. The number of allylic oxidation sites excluding steroid dienone is 2. The maximum Gasteiger partial charge on any atom is 0.171 e. The lowest BCUT2D eigenvalue weighted by Gasteiger charge is -2.17. The molecule has 0 saturated heterocycles. The van der Waals surface area contributed by atoms with Gasteiger partial charge in [-0.25, -0.2) is 24.9 Å². The van der Waals surface area contributed by atoms with E-state index in [9.17, 15) is 14.4 Å². The molecule has 7 aromatic rings. The average Bonchev–Trinajstić information content (AvgIpc) is 4.03. The Labute approximate surface area is 459 Å². The van der Waals surface area contributed by atoms with E-state index < -0.39 is 32.4 Å². The van der Waals surface area contributed by atoms with E-state index in [1.54, 1.807) is 18.6 Å². The van der Waals surface area contributed by atoms with Crippen LogP contribution in [0.5, 0.6) is 0 Å². The summed E-state index contributed by atoms with van der Waals surface area (Å²) < 4.78 is 16.1. The first-order valence-corrected chi connectivity index (χ1v) is 34.1. The van der Waals surface area contributed by atoms with E-state index in [0.29, 0.717) is 87.4 Å². The summed E-state index contributed by atoms with van der Waals surface area (Å²) in [4.78, 5) is 65.6. The Balaban J connectivity index is 0.000000188. The number of para-hydroxylation sites is 2. The van der Waals surface area contributed by atoms with E-state index >= 15 is 0 Å². The van der Waals surface area contributed by atoms with Crippen molar-refractivity contribution in [2.45, 2.75) is 134 Å². The molecule has 404 valence electrons. The largest absolute Gasteiger partial charge is 0.361 e. The van der Waals surface area contributed by atoms with Crippen LogP contribution in [-0.2, 0) is 34.2 Å². The molecular weight excluding hydrogens is 1050 g/mol. The topological polar surface area (TPSA) is 181 Å². The molecule has 0 bridgehead atoms. The number of carbonyl (C=O) groups is 3. The van der Waals surface area contributed by atoms with E-state index in [-0.39, 0.29) is 17.3 Å². The minimum absolute atomic E-state index is 0.0412. The van der Waals surface area contributed by atoms with Crippen LogP contribution in [0.4, 0.5) is 23.0 Å². The van der Waals surface area contributed by atoms with Crippen LogP contribution in [0.25, 0.3) is 27.9 Å². The Morgan fingerprint density at radius 1 is 0.579 bits per heavy atom. The van der Waals surface area contributed by atoms with Crippen LogP contribution in [0.1, 0.15) is 94.4 Å². The zero-order valence-electron chi connectivity index (χ0n) is 47.2. The second-order valence-corrected chi connectivity index (χ2v) is 36.7. The number of benzene rings is 2. The van der Waals surface area contributed by atoms with Crippen molar-refractivity contribution < 1.29 is 23.9 Å². The van der Waals surface area contributed by atoms with Gasteiger partial charge in [-0.2, -0.15) is 0 Å². The third kappa shape index (κ3) is 16.5. The van der Waals surface area contributed by atoms with Crippen LogP contribution in [0.15, 0.2) is 102 Å². The molecule has 0 fully saturated rings. The van der Waals surface area contributed by atoms with E-state index in [0.717, 1.165) is 35.8 Å². The van der Waals surface area contributed by atoms with Gasteiger partial charge in [0.15, 0.2) is 28.6 Å². The highest BCUT2D eigenvalue weighted by molar-refractivity contribution is 9.10. The van der Waals surface area contributed by atoms with Crippen molar-refractivity contribution >= 4 is 100 Å². The SMILES string of the molecule is CC(C)(C)C(=O)C1=CCc2ncc(Nc3ccccc3)nc21.CC(C)(C)C(=O)c1cn(COCC[Si](C)(C)C)c2ncc(Br)nc12.CC(C)(C)C(=O)c1cn(COCC[Si](C)(C)C)c2ncc(Nc3ccccc3)nc12. The van der Waals surface area contributed by atoms with E-state index in [4.69, 9.17) is 14.5 Å². The van der Waals surface area contributed by atoms with Gasteiger partial charge in [0.2, 0.25) is 0 Å². The van der Waals surface area contributed by atoms with Gasteiger partial charge in [-0.1, -0.05) is 144 Å². The van der Waals surface area contributed by atoms with Gasteiger partial charge in [0.25, 0.3) is 0 Å². The summed E-state index contributed by atoms with van der Waals surface area (Å²) in [5.74, 6) is 1.46. The van der Waals surface area contributed by atoms with Crippen molar-refractivity contribution in [3.8, 4) is 0 Å². The van der Waals surface area contributed by atoms with Crippen LogP contribution in [0, 0.1) is 16.2 Å². The molecule has 0 radical (unpaired) electrons. The average molecular weight is 1130 g/mol. The van der Waals surface area contributed by atoms with Crippen LogP contribution < -0.4 is 10.6 Å². The lowest BCUT2D eigenvalue weighted by molar-refractivity contribution is -0.120. The zero-order valence-corrected chi connectivity index (χ0v) is 50.8. The van der Waals surface area contributed by atoms with Gasteiger partial charge in [0.1, 0.15) is 40.7 Å². The molecule has 0 saturated carbocycles. The number of nitrogens with one attached hydrogen (secondary N) is 2. The summed E-state index contributed by atoms with van der Waals surface area (Å²) in [5.41, 5.74) is 6.47. The summed E-state index contributed by atoms with van der Waals surface area (Å²) in [6.45, 7) is 33.4. The first kappa shape index (κ1) is 59.2. The van der Waals surface area contributed by atoms with Gasteiger partial charge in [0, 0.05) is 81.4 Å². The fraction of sp³-hybridized carbons (Fsp3) is 0.431. The Morgan fingerprint density at radius 2 is 1.00 bits per heavy atom. The molecule has 8 rings (SSSR count). The second kappa shape index (κ2) is 24.5. The number of aromatic nitrogens is 8. The molecule has 5 aromatic heterocycles. The predicted octanol–water partition coefficient (Wildman–Crippen LogP) is 14.2. The van der Waals surface area contributed by atoms with Crippen LogP contribution >= 0.6 is 15.9 Å². The van der Waals surface area contributed by atoms with E-state index in [2.05, 4.69) is 90.8 Å². The molecule has 2 N–H and O–H groups in total. The Hall–Kier alpha value is -6.06. The first-order valence-electron chi connectivity index (χ1n) is 25.9. The number of ketones is 3. The number of Topliss-reactive ketones (excluding diaryl/α,β-unsaturated/α-hetero) is 3. The first-order chi connectivity index (χ1) is 35.5. The van der Waals surface area contributed by atoms with Gasteiger partial charge in [0.05, 0.1) is 41.1 Å². The van der Waals surface area contributed by atoms with Crippen molar-refractivity contribution in [3.05, 3.63) is 125 Å². The number of carbonyl (C=O) groups excluding carboxylic acids is 3. The summed E-state index contributed by atoms with van der Waals surface area (Å²) in [6.07, 6.45) is 11.3. The van der Waals surface area contributed by atoms with Crippen molar-refractivity contribution in [2.75, 3.05) is 23.8 Å². The minimum atomic E-state index is -1.16. The number of fused-ring (bicyclic) bond motifs is 3. The fourth-order valence-electron chi connectivity index (χ4n) is 7.64. The minimum Gasteiger partial charge on any atom is -0.361 e. The maximum absolute atomic E-state index is 13.1. The molecule has 1 aliphatic carbocycles. The third-order valence-electron chi connectivity index (χ3n) is 12.0. The van der Waals surface area contributed by atoms with Crippen molar-refractivity contribution in [2.24, 2.45) is 16.2 Å². The summed E-state index contributed by atoms with van der Waals surface area (Å²) in [6, 6.07) is 21.8. The van der Waals surface area contributed by atoms with Gasteiger partial charge >= 0.3 is 0 Å². The van der Waals surface area contributed by atoms with Crippen LogP contribution in [0.3, 0.4) is 0 Å². The van der Waals surface area contributed by atoms with Crippen molar-refractivity contribution in [1.29, 1.82) is 0 Å².